The predicted molar refractivity (Wildman–Crippen MR) is 157 cm³/mol. The number of aromatic nitrogens is 1. The lowest BCUT2D eigenvalue weighted by Gasteiger charge is -2.46. The van der Waals surface area contributed by atoms with Crippen LogP contribution in [-0.2, 0) is 16.0 Å². The first-order valence-electron chi connectivity index (χ1n) is 14.7. The van der Waals surface area contributed by atoms with E-state index in [2.05, 4.69) is 10.6 Å². The van der Waals surface area contributed by atoms with Crippen molar-refractivity contribution in [1.82, 2.24) is 4.98 Å². The third-order valence-corrected chi connectivity index (χ3v) is 8.97. The first-order valence-corrected chi connectivity index (χ1v) is 14.7. The minimum atomic E-state index is -1.02. The van der Waals surface area contributed by atoms with Crippen LogP contribution in [0.1, 0.15) is 60.9 Å². The number of carboxylic acid groups (broad SMARTS) is 1. The highest BCUT2D eigenvalue weighted by Crippen LogP contribution is 2.50. The molecule has 1 amide bonds. The number of carboxylic acids is 1. The molecule has 41 heavy (non-hydrogen) atoms. The van der Waals surface area contributed by atoms with Crippen LogP contribution in [0.4, 0.5) is 11.4 Å². The Hall–Kier alpha value is -3.91. The zero-order chi connectivity index (χ0) is 28.2. The lowest BCUT2D eigenvalue weighted by molar-refractivity contribution is -0.115. The molecular formula is C33H37N3O5. The summed E-state index contributed by atoms with van der Waals surface area (Å²) in [6, 6.07) is 18.3. The number of pyridine rings is 1. The monoisotopic (exact) mass is 555 g/mol. The summed E-state index contributed by atoms with van der Waals surface area (Å²) in [5.41, 5.74) is 4.25. The Labute approximate surface area is 240 Å². The highest BCUT2D eigenvalue weighted by molar-refractivity contribution is 5.97. The summed E-state index contributed by atoms with van der Waals surface area (Å²) in [4.78, 5) is 29.1. The maximum atomic E-state index is 12.9. The summed E-state index contributed by atoms with van der Waals surface area (Å²) < 4.78 is 11.7. The van der Waals surface area contributed by atoms with Crippen molar-refractivity contribution >= 4 is 23.3 Å². The average molecular weight is 556 g/mol. The number of anilines is 2. The molecule has 2 aromatic carbocycles. The summed E-state index contributed by atoms with van der Waals surface area (Å²) >= 11 is 0. The normalized spacial score (nSPS) is 22.9. The van der Waals surface area contributed by atoms with Crippen molar-refractivity contribution in [2.24, 2.45) is 11.3 Å². The van der Waals surface area contributed by atoms with Gasteiger partial charge in [0.25, 0.3) is 0 Å². The summed E-state index contributed by atoms with van der Waals surface area (Å²) in [6.07, 6.45) is 9.07. The van der Waals surface area contributed by atoms with Crippen LogP contribution in [-0.4, -0.2) is 47.8 Å². The molecule has 3 aromatic rings. The molecule has 1 unspecified atom stereocenters. The van der Waals surface area contributed by atoms with Crippen molar-refractivity contribution in [2.45, 2.75) is 57.5 Å². The smallest absolute Gasteiger partial charge is 0.335 e. The van der Waals surface area contributed by atoms with Crippen LogP contribution < -0.4 is 15.4 Å². The standard InChI is InChI=1S/C33H37N3O5/c37-30(35-28-9-8-25(32(38)39)19-29(28)34-20-26-13-17-40-26)18-23-4-6-24(7-5-23)27-2-1-3-31(36-27)41-21-33-14-10-22(11-15-33)12-16-33/h1-9,19,22,26,34H,10-18,20-21H2,(H,35,37)(H,38,39). The average Bonchev–Trinajstić information content (AvgIpc) is 2.97. The maximum absolute atomic E-state index is 12.9. The van der Waals surface area contributed by atoms with Gasteiger partial charge in [-0.05, 0) is 80.7 Å². The molecule has 4 aliphatic rings. The summed E-state index contributed by atoms with van der Waals surface area (Å²) in [5, 5.41) is 15.5. The van der Waals surface area contributed by atoms with Gasteiger partial charge in [0.05, 0.1) is 41.8 Å². The number of rotatable bonds is 11. The Morgan fingerprint density at radius 2 is 1.73 bits per heavy atom. The van der Waals surface area contributed by atoms with E-state index in [0.717, 1.165) is 42.4 Å². The molecule has 7 rings (SSSR count). The molecule has 1 aliphatic heterocycles. The first-order chi connectivity index (χ1) is 19.9. The molecule has 3 aliphatic carbocycles. The van der Waals surface area contributed by atoms with Crippen molar-refractivity contribution in [3.8, 4) is 17.1 Å². The largest absolute Gasteiger partial charge is 0.478 e. The van der Waals surface area contributed by atoms with E-state index in [9.17, 15) is 14.7 Å². The minimum absolute atomic E-state index is 0.0962. The molecule has 0 spiro atoms. The number of carbonyl (C=O) groups is 2. The molecule has 214 valence electrons. The molecule has 4 fully saturated rings. The van der Waals surface area contributed by atoms with Crippen molar-refractivity contribution < 1.29 is 24.2 Å². The van der Waals surface area contributed by atoms with Gasteiger partial charge in [0.1, 0.15) is 0 Å². The van der Waals surface area contributed by atoms with Crippen LogP contribution in [0.3, 0.4) is 0 Å². The number of aromatic carboxylic acids is 1. The number of carbonyl (C=O) groups excluding carboxylic acids is 1. The molecule has 1 saturated heterocycles. The fraction of sp³-hybridized carbons (Fsp3) is 0.424. The van der Waals surface area contributed by atoms with Gasteiger partial charge in [-0.3, -0.25) is 4.79 Å². The third kappa shape index (κ3) is 6.54. The second-order valence-corrected chi connectivity index (χ2v) is 11.8. The number of amides is 1. The third-order valence-electron chi connectivity index (χ3n) is 8.97. The molecule has 0 radical (unpaired) electrons. The number of hydrogen-bond acceptors (Lipinski definition) is 6. The van der Waals surface area contributed by atoms with Crippen LogP contribution >= 0.6 is 0 Å². The Morgan fingerprint density at radius 1 is 0.976 bits per heavy atom. The molecular weight excluding hydrogens is 518 g/mol. The molecule has 8 nitrogen and oxygen atoms in total. The topological polar surface area (TPSA) is 110 Å². The summed E-state index contributed by atoms with van der Waals surface area (Å²) in [7, 11) is 0. The Balaban J connectivity index is 1.06. The number of nitrogens with zero attached hydrogens (tertiary/aromatic N) is 1. The number of benzene rings is 2. The van der Waals surface area contributed by atoms with E-state index in [1.807, 2.05) is 42.5 Å². The van der Waals surface area contributed by atoms with Crippen molar-refractivity contribution in [1.29, 1.82) is 0 Å². The SMILES string of the molecule is O=C(Cc1ccc(-c2cccc(OCC34CCC(CC3)CC4)n2)cc1)Nc1ccc(C(=O)O)cc1NCC1CCO1. The van der Waals surface area contributed by atoms with Gasteiger partial charge in [-0.2, -0.15) is 0 Å². The van der Waals surface area contributed by atoms with Gasteiger partial charge in [-0.15, -0.1) is 0 Å². The molecule has 8 heteroatoms. The van der Waals surface area contributed by atoms with Gasteiger partial charge in [0.2, 0.25) is 11.8 Å². The zero-order valence-corrected chi connectivity index (χ0v) is 23.2. The van der Waals surface area contributed by atoms with Gasteiger partial charge >= 0.3 is 5.97 Å². The number of ether oxygens (including phenoxy) is 2. The predicted octanol–water partition coefficient (Wildman–Crippen LogP) is 6.18. The molecule has 1 atom stereocenters. The molecule has 3 saturated carbocycles. The molecule has 3 N–H and O–H groups in total. The molecule has 1 aromatic heterocycles. The van der Waals surface area contributed by atoms with Crippen molar-refractivity contribution in [3.05, 3.63) is 71.8 Å². The highest BCUT2D eigenvalue weighted by Gasteiger charge is 2.41. The fourth-order valence-electron chi connectivity index (χ4n) is 6.21. The van der Waals surface area contributed by atoms with E-state index in [0.29, 0.717) is 29.2 Å². The van der Waals surface area contributed by atoms with Gasteiger partial charge in [-0.1, -0.05) is 30.3 Å². The van der Waals surface area contributed by atoms with E-state index in [1.165, 1.54) is 50.7 Å². The highest BCUT2D eigenvalue weighted by atomic mass is 16.5. The van der Waals surface area contributed by atoms with Crippen molar-refractivity contribution in [3.63, 3.8) is 0 Å². The van der Waals surface area contributed by atoms with E-state index in [-0.39, 0.29) is 24.0 Å². The van der Waals surface area contributed by atoms with Gasteiger partial charge < -0.3 is 25.2 Å². The van der Waals surface area contributed by atoms with Crippen LogP contribution in [0.25, 0.3) is 11.3 Å². The van der Waals surface area contributed by atoms with Crippen LogP contribution in [0.15, 0.2) is 60.7 Å². The van der Waals surface area contributed by atoms with E-state index in [4.69, 9.17) is 14.5 Å². The van der Waals surface area contributed by atoms with Crippen molar-refractivity contribution in [2.75, 3.05) is 30.4 Å². The Morgan fingerprint density at radius 3 is 2.41 bits per heavy atom. The number of hydrogen-bond donors (Lipinski definition) is 3. The second kappa shape index (κ2) is 11.9. The lowest BCUT2D eigenvalue weighted by atomic mass is 9.61. The minimum Gasteiger partial charge on any atom is -0.478 e. The molecule has 2 bridgehead atoms. The van der Waals surface area contributed by atoms with E-state index < -0.39 is 5.97 Å². The fourth-order valence-corrected chi connectivity index (χ4v) is 6.21. The Kier molecular flexibility index (Phi) is 7.92. The maximum Gasteiger partial charge on any atom is 0.335 e. The number of fused-ring (bicyclic) bond motifs is 3. The van der Waals surface area contributed by atoms with Gasteiger partial charge in [-0.25, -0.2) is 9.78 Å². The number of nitrogens with one attached hydrogen (secondary N) is 2. The Bertz CT molecular complexity index is 1380. The zero-order valence-electron chi connectivity index (χ0n) is 23.2. The van der Waals surface area contributed by atoms with Crippen LogP contribution in [0, 0.1) is 11.3 Å². The summed E-state index contributed by atoms with van der Waals surface area (Å²) in [6.45, 7) is 2.03. The lowest BCUT2D eigenvalue weighted by Crippen LogP contribution is -2.38. The van der Waals surface area contributed by atoms with Gasteiger partial charge in [0.15, 0.2) is 0 Å². The molecule has 2 heterocycles. The first kappa shape index (κ1) is 27.3. The quantitative estimate of drug-likeness (QED) is 0.259. The van der Waals surface area contributed by atoms with Crippen LogP contribution in [0.2, 0.25) is 0 Å². The summed E-state index contributed by atoms with van der Waals surface area (Å²) in [5.74, 6) is 0.390. The van der Waals surface area contributed by atoms with E-state index in [1.54, 1.807) is 6.07 Å². The van der Waals surface area contributed by atoms with Gasteiger partial charge in [0, 0.05) is 30.2 Å². The van der Waals surface area contributed by atoms with Crippen LogP contribution in [0.5, 0.6) is 5.88 Å². The second-order valence-electron chi connectivity index (χ2n) is 11.8. The van der Waals surface area contributed by atoms with E-state index >= 15 is 0 Å².